The summed E-state index contributed by atoms with van der Waals surface area (Å²) in [5, 5.41) is 8.79. The van der Waals surface area contributed by atoms with Crippen LogP contribution in [0.5, 0.6) is 0 Å². The van der Waals surface area contributed by atoms with Crippen LogP contribution in [0.2, 0.25) is 0 Å². The predicted molar refractivity (Wildman–Crippen MR) is 75.3 cm³/mol. The third-order valence-corrected chi connectivity index (χ3v) is 4.06. The molecule has 0 fully saturated rings. The van der Waals surface area contributed by atoms with E-state index in [1.54, 1.807) is 28.9 Å². The molecule has 2 aromatic heterocycles. The third kappa shape index (κ3) is 3.48. The third-order valence-electron chi connectivity index (χ3n) is 2.28. The normalized spacial score (nSPS) is 11.0. The van der Waals surface area contributed by atoms with Gasteiger partial charge in [0.15, 0.2) is 0 Å². The van der Waals surface area contributed by atoms with Crippen LogP contribution in [0.25, 0.3) is 0 Å². The molecule has 0 saturated carbocycles. The number of hydrazone groups is 1. The Kier molecular flexibility index (Phi) is 4.22. The predicted octanol–water partition coefficient (Wildman–Crippen LogP) is 2.51. The van der Waals surface area contributed by atoms with Crippen molar-refractivity contribution in [3.63, 3.8) is 0 Å². The van der Waals surface area contributed by atoms with Gasteiger partial charge in [-0.3, -0.25) is 4.79 Å². The Morgan fingerprint density at radius 3 is 2.94 bits per heavy atom. The van der Waals surface area contributed by atoms with Gasteiger partial charge in [-0.1, -0.05) is 0 Å². The minimum Gasteiger partial charge on any atom is -0.273 e. The standard InChI is InChI=1S/C12H13N3OS2/c1-8-3-4-17-11(8)6-13-15-12(16)5-10-7-18-9(2)14-10/h3-4,6-7H,5H2,1-2H3,(H,15,16)/b13-6-. The van der Waals surface area contributed by atoms with Crippen molar-refractivity contribution >= 4 is 34.8 Å². The first-order chi connectivity index (χ1) is 8.65. The van der Waals surface area contributed by atoms with Crippen LogP contribution in [-0.4, -0.2) is 17.1 Å². The number of carbonyl (C=O) groups excluding carboxylic acids is 1. The molecule has 0 spiro atoms. The molecule has 0 aliphatic carbocycles. The average Bonchev–Trinajstić information content (AvgIpc) is 2.89. The number of thiophene rings is 1. The highest BCUT2D eigenvalue weighted by atomic mass is 32.1. The van der Waals surface area contributed by atoms with E-state index in [4.69, 9.17) is 0 Å². The van der Waals surface area contributed by atoms with E-state index in [0.717, 1.165) is 21.1 Å². The molecule has 4 nitrogen and oxygen atoms in total. The van der Waals surface area contributed by atoms with Crippen molar-refractivity contribution in [2.24, 2.45) is 5.10 Å². The van der Waals surface area contributed by atoms with Crippen LogP contribution < -0.4 is 5.43 Å². The van der Waals surface area contributed by atoms with Gasteiger partial charge in [-0.05, 0) is 30.9 Å². The van der Waals surface area contributed by atoms with Crippen LogP contribution in [0.1, 0.15) is 21.1 Å². The van der Waals surface area contributed by atoms with Crippen molar-refractivity contribution in [3.8, 4) is 0 Å². The number of hydrogen-bond donors (Lipinski definition) is 1. The number of amides is 1. The molecule has 6 heteroatoms. The summed E-state index contributed by atoms with van der Waals surface area (Å²) in [6, 6.07) is 2.02. The zero-order valence-electron chi connectivity index (χ0n) is 10.1. The second kappa shape index (κ2) is 5.88. The maximum atomic E-state index is 11.6. The Morgan fingerprint density at radius 2 is 2.33 bits per heavy atom. The molecule has 18 heavy (non-hydrogen) atoms. The molecular weight excluding hydrogens is 266 g/mol. The van der Waals surface area contributed by atoms with E-state index in [9.17, 15) is 4.79 Å². The zero-order chi connectivity index (χ0) is 13.0. The average molecular weight is 279 g/mol. The lowest BCUT2D eigenvalue weighted by Crippen LogP contribution is -2.19. The van der Waals surface area contributed by atoms with Gasteiger partial charge in [0.2, 0.25) is 5.91 Å². The molecule has 0 aromatic carbocycles. The molecule has 0 aliphatic heterocycles. The minimum atomic E-state index is -0.147. The summed E-state index contributed by atoms with van der Waals surface area (Å²) in [4.78, 5) is 16.9. The fourth-order valence-electron chi connectivity index (χ4n) is 1.37. The number of nitrogens with one attached hydrogen (secondary N) is 1. The van der Waals surface area contributed by atoms with E-state index in [1.165, 1.54) is 0 Å². The van der Waals surface area contributed by atoms with E-state index in [1.807, 2.05) is 30.7 Å². The van der Waals surface area contributed by atoms with Crippen LogP contribution in [0.4, 0.5) is 0 Å². The summed E-state index contributed by atoms with van der Waals surface area (Å²) < 4.78 is 0. The number of thiazole rings is 1. The fourth-order valence-corrected chi connectivity index (χ4v) is 2.77. The smallest absolute Gasteiger partial charge is 0.246 e. The van der Waals surface area contributed by atoms with Crippen molar-refractivity contribution in [2.45, 2.75) is 20.3 Å². The topological polar surface area (TPSA) is 54.4 Å². The largest absolute Gasteiger partial charge is 0.273 e. The molecule has 94 valence electrons. The zero-order valence-corrected chi connectivity index (χ0v) is 11.8. The van der Waals surface area contributed by atoms with Gasteiger partial charge in [-0.25, -0.2) is 10.4 Å². The summed E-state index contributed by atoms with van der Waals surface area (Å²) in [7, 11) is 0. The van der Waals surface area contributed by atoms with Gasteiger partial charge in [-0.2, -0.15) is 5.10 Å². The summed E-state index contributed by atoms with van der Waals surface area (Å²) in [5.41, 5.74) is 4.46. The lowest BCUT2D eigenvalue weighted by molar-refractivity contribution is -0.120. The highest BCUT2D eigenvalue weighted by Crippen LogP contribution is 2.12. The molecule has 2 rings (SSSR count). The van der Waals surface area contributed by atoms with E-state index in [0.29, 0.717) is 0 Å². The number of carbonyl (C=O) groups is 1. The van der Waals surface area contributed by atoms with Crippen molar-refractivity contribution < 1.29 is 4.79 Å². The van der Waals surface area contributed by atoms with Crippen molar-refractivity contribution in [2.75, 3.05) is 0 Å². The monoisotopic (exact) mass is 279 g/mol. The molecule has 0 saturated heterocycles. The van der Waals surface area contributed by atoms with Gasteiger partial charge in [0, 0.05) is 10.3 Å². The second-order valence-corrected chi connectivity index (χ2v) is 5.81. The van der Waals surface area contributed by atoms with Gasteiger partial charge < -0.3 is 0 Å². The van der Waals surface area contributed by atoms with Crippen LogP contribution in [-0.2, 0) is 11.2 Å². The summed E-state index contributed by atoms with van der Waals surface area (Å²) >= 11 is 3.14. The molecule has 0 aliphatic rings. The number of nitrogens with zero attached hydrogens (tertiary/aromatic N) is 2. The maximum Gasteiger partial charge on any atom is 0.246 e. The first-order valence-electron chi connectivity index (χ1n) is 5.42. The minimum absolute atomic E-state index is 0.147. The lowest BCUT2D eigenvalue weighted by atomic mass is 10.3. The maximum absolute atomic E-state index is 11.6. The molecule has 0 unspecified atom stereocenters. The quantitative estimate of drug-likeness (QED) is 0.690. The van der Waals surface area contributed by atoms with Crippen molar-refractivity contribution in [1.29, 1.82) is 0 Å². The molecular formula is C12H13N3OS2. The Morgan fingerprint density at radius 1 is 1.50 bits per heavy atom. The van der Waals surface area contributed by atoms with E-state index in [2.05, 4.69) is 15.5 Å². The van der Waals surface area contributed by atoms with E-state index in [-0.39, 0.29) is 12.3 Å². The molecule has 2 aromatic rings. The molecule has 1 N–H and O–H groups in total. The van der Waals surface area contributed by atoms with Gasteiger partial charge in [0.1, 0.15) is 0 Å². The van der Waals surface area contributed by atoms with Crippen molar-refractivity contribution in [1.82, 2.24) is 10.4 Å². The molecule has 0 atom stereocenters. The van der Waals surface area contributed by atoms with E-state index < -0.39 is 0 Å². The Balaban J connectivity index is 1.85. The van der Waals surface area contributed by atoms with Gasteiger partial charge >= 0.3 is 0 Å². The van der Waals surface area contributed by atoms with E-state index >= 15 is 0 Å². The second-order valence-electron chi connectivity index (χ2n) is 3.80. The first kappa shape index (κ1) is 12.9. The van der Waals surface area contributed by atoms with Gasteiger partial charge in [-0.15, -0.1) is 22.7 Å². The van der Waals surface area contributed by atoms with Crippen LogP contribution in [0, 0.1) is 13.8 Å². The molecule has 1 amide bonds. The highest BCUT2D eigenvalue weighted by Gasteiger charge is 2.05. The molecule has 2 heterocycles. The van der Waals surface area contributed by atoms with Crippen LogP contribution >= 0.6 is 22.7 Å². The number of hydrogen-bond acceptors (Lipinski definition) is 5. The lowest BCUT2D eigenvalue weighted by Gasteiger charge is -1.96. The summed E-state index contributed by atoms with van der Waals surface area (Å²) in [5.74, 6) is -0.147. The number of aryl methyl sites for hydroxylation is 2. The Bertz CT molecular complexity index is 571. The summed E-state index contributed by atoms with van der Waals surface area (Å²) in [6.07, 6.45) is 1.94. The van der Waals surface area contributed by atoms with Gasteiger partial charge in [0.05, 0.1) is 23.3 Å². The van der Waals surface area contributed by atoms with Crippen molar-refractivity contribution in [3.05, 3.63) is 38.0 Å². The Labute approximate surface area is 113 Å². The molecule has 0 bridgehead atoms. The molecule has 0 radical (unpaired) electrons. The van der Waals surface area contributed by atoms with Crippen LogP contribution in [0.3, 0.4) is 0 Å². The summed E-state index contributed by atoms with van der Waals surface area (Å²) in [6.45, 7) is 3.93. The SMILES string of the molecule is Cc1nc(CC(=O)N/N=C\c2sccc2C)cs1. The highest BCUT2D eigenvalue weighted by molar-refractivity contribution is 7.11. The number of rotatable bonds is 4. The first-order valence-corrected chi connectivity index (χ1v) is 7.18. The van der Waals surface area contributed by atoms with Gasteiger partial charge in [0.25, 0.3) is 0 Å². The fraction of sp³-hybridized carbons (Fsp3) is 0.250. The van der Waals surface area contributed by atoms with Crippen LogP contribution in [0.15, 0.2) is 21.9 Å². The Hall–Kier alpha value is -1.53. The number of aromatic nitrogens is 1.